The lowest BCUT2D eigenvalue weighted by molar-refractivity contribution is -0.383. The number of benzene rings is 2. The lowest BCUT2D eigenvalue weighted by Crippen LogP contribution is -2.06. The average molecular weight is 316 g/mol. The average Bonchev–Trinajstić information content (AvgIpc) is 2.55. The van der Waals surface area contributed by atoms with Crippen LogP contribution in [0.2, 0.25) is 0 Å². The Morgan fingerprint density at radius 3 is 2.74 bits per heavy atom. The van der Waals surface area contributed by atoms with Gasteiger partial charge in [0.25, 0.3) is 5.69 Å². The van der Waals surface area contributed by atoms with E-state index in [9.17, 15) is 14.9 Å². The molecule has 0 aliphatic heterocycles. The van der Waals surface area contributed by atoms with Crippen molar-refractivity contribution >= 4 is 23.0 Å². The van der Waals surface area contributed by atoms with Crippen LogP contribution in [0.3, 0.4) is 0 Å². The van der Waals surface area contributed by atoms with Gasteiger partial charge in [-0.25, -0.2) is 4.79 Å². The summed E-state index contributed by atoms with van der Waals surface area (Å²) in [6, 6.07) is 11.0. The lowest BCUT2D eigenvalue weighted by atomic mass is 10.1. The number of anilines is 2. The Bertz CT molecular complexity index is 730. The summed E-state index contributed by atoms with van der Waals surface area (Å²) in [6.07, 6.45) is 0. The Balaban J connectivity index is 2.34. The monoisotopic (exact) mass is 316 g/mol. The van der Waals surface area contributed by atoms with Gasteiger partial charge in [-0.3, -0.25) is 10.1 Å². The third-order valence-electron chi connectivity index (χ3n) is 3.09. The molecule has 0 saturated carbocycles. The summed E-state index contributed by atoms with van der Waals surface area (Å²) in [6.45, 7) is 1.73. The van der Waals surface area contributed by atoms with Crippen LogP contribution in [0.15, 0.2) is 42.5 Å². The molecule has 7 heteroatoms. The van der Waals surface area contributed by atoms with Crippen molar-refractivity contribution in [3.8, 4) is 0 Å². The summed E-state index contributed by atoms with van der Waals surface area (Å²) in [5, 5.41) is 23.3. The van der Waals surface area contributed by atoms with Crippen molar-refractivity contribution in [2.45, 2.75) is 13.5 Å². The first-order valence-corrected chi connectivity index (χ1v) is 6.97. The van der Waals surface area contributed by atoms with Gasteiger partial charge in [0.1, 0.15) is 5.69 Å². The minimum absolute atomic E-state index is 0.119. The highest BCUT2D eigenvalue weighted by atomic mass is 16.6. The zero-order chi connectivity index (χ0) is 16.8. The highest BCUT2D eigenvalue weighted by Gasteiger charge is 2.18. The van der Waals surface area contributed by atoms with E-state index in [1.54, 1.807) is 31.2 Å². The van der Waals surface area contributed by atoms with Gasteiger partial charge >= 0.3 is 5.97 Å². The highest BCUT2D eigenvalue weighted by molar-refractivity contribution is 5.91. The van der Waals surface area contributed by atoms with Crippen LogP contribution in [0, 0.1) is 10.1 Å². The molecule has 0 fully saturated rings. The quantitative estimate of drug-likeness (QED) is 0.482. The van der Waals surface area contributed by atoms with E-state index in [1.165, 1.54) is 18.2 Å². The van der Waals surface area contributed by atoms with Gasteiger partial charge in [-0.15, -0.1) is 0 Å². The van der Waals surface area contributed by atoms with Crippen molar-refractivity contribution in [3.05, 3.63) is 63.7 Å². The first-order chi connectivity index (χ1) is 11.0. The van der Waals surface area contributed by atoms with Gasteiger partial charge in [0.05, 0.1) is 23.7 Å². The van der Waals surface area contributed by atoms with Gasteiger partial charge in [-0.2, -0.15) is 0 Å². The largest absolute Gasteiger partial charge is 0.462 e. The molecule has 2 aromatic carbocycles. The van der Waals surface area contributed by atoms with E-state index in [1.807, 2.05) is 0 Å². The molecule has 0 aliphatic carbocycles. The molecule has 0 spiro atoms. The van der Waals surface area contributed by atoms with Gasteiger partial charge in [-0.05, 0) is 36.8 Å². The van der Waals surface area contributed by atoms with Crippen LogP contribution in [0.25, 0.3) is 0 Å². The fourth-order valence-corrected chi connectivity index (χ4v) is 2.03. The predicted molar refractivity (Wildman–Crippen MR) is 84.7 cm³/mol. The number of aliphatic hydroxyl groups excluding tert-OH is 1. The normalized spacial score (nSPS) is 10.2. The van der Waals surface area contributed by atoms with Crippen LogP contribution in [-0.4, -0.2) is 22.6 Å². The second-order valence-corrected chi connectivity index (χ2v) is 4.69. The molecule has 7 nitrogen and oxygen atoms in total. The van der Waals surface area contributed by atoms with Gasteiger partial charge in [0.2, 0.25) is 0 Å². The minimum Gasteiger partial charge on any atom is -0.462 e. The summed E-state index contributed by atoms with van der Waals surface area (Å²) >= 11 is 0. The molecule has 2 aromatic rings. The molecule has 0 bridgehead atoms. The Labute approximate surface area is 132 Å². The number of hydrogen-bond acceptors (Lipinski definition) is 6. The molecule has 0 unspecified atom stereocenters. The SMILES string of the molecule is CCOC(=O)c1ccc(Nc2cccc(CO)c2)c([N+](=O)[O-])c1. The second kappa shape index (κ2) is 7.37. The Hall–Kier alpha value is -2.93. The summed E-state index contributed by atoms with van der Waals surface area (Å²) in [4.78, 5) is 22.4. The van der Waals surface area contributed by atoms with E-state index >= 15 is 0 Å². The van der Waals surface area contributed by atoms with E-state index in [2.05, 4.69) is 5.32 Å². The lowest BCUT2D eigenvalue weighted by Gasteiger charge is -2.09. The first-order valence-electron chi connectivity index (χ1n) is 6.97. The Morgan fingerprint density at radius 1 is 1.30 bits per heavy atom. The number of esters is 1. The number of carbonyl (C=O) groups excluding carboxylic acids is 1. The van der Waals surface area contributed by atoms with Crippen molar-refractivity contribution in [1.29, 1.82) is 0 Å². The molecule has 0 aromatic heterocycles. The van der Waals surface area contributed by atoms with Crippen LogP contribution in [-0.2, 0) is 11.3 Å². The van der Waals surface area contributed by atoms with Gasteiger partial charge < -0.3 is 15.2 Å². The van der Waals surface area contributed by atoms with E-state index in [4.69, 9.17) is 9.84 Å². The highest BCUT2D eigenvalue weighted by Crippen LogP contribution is 2.29. The van der Waals surface area contributed by atoms with E-state index in [0.29, 0.717) is 11.3 Å². The van der Waals surface area contributed by atoms with Crippen LogP contribution in [0.5, 0.6) is 0 Å². The number of nitrogens with zero attached hydrogens (tertiary/aromatic N) is 1. The molecular formula is C16H16N2O5. The number of nitrogens with one attached hydrogen (secondary N) is 1. The number of rotatable bonds is 6. The summed E-state index contributed by atoms with van der Waals surface area (Å²) in [5.41, 5.74) is 1.42. The summed E-state index contributed by atoms with van der Waals surface area (Å²) in [5.74, 6) is -0.607. The number of carbonyl (C=O) groups is 1. The zero-order valence-corrected chi connectivity index (χ0v) is 12.5. The van der Waals surface area contributed by atoms with E-state index in [0.717, 1.165) is 0 Å². The molecule has 23 heavy (non-hydrogen) atoms. The van der Waals surface area contributed by atoms with Gasteiger partial charge in [0, 0.05) is 11.8 Å². The first kappa shape index (κ1) is 16.4. The number of hydrogen-bond donors (Lipinski definition) is 2. The predicted octanol–water partition coefficient (Wildman–Crippen LogP) is 3.01. The molecule has 2 N–H and O–H groups in total. The summed E-state index contributed by atoms with van der Waals surface area (Å²) in [7, 11) is 0. The number of nitro groups is 1. The second-order valence-electron chi connectivity index (χ2n) is 4.69. The van der Waals surface area contributed by atoms with Gasteiger partial charge in [0.15, 0.2) is 0 Å². The molecule has 2 rings (SSSR count). The third-order valence-corrected chi connectivity index (χ3v) is 3.09. The molecule has 120 valence electrons. The van der Waals surface area contributed by atoms with Crippen LogP contribution < -0.4 is 5.32 Å². The molecule has 0 saturated heterocycles. The standard InChI is InChI=1S/C16H16N2O5/c1-2-23-16(20)12-6-7-14(15(9-12)18(21)22)17-13-5-3-4-11(8-13)10-19/h3-9,17,19H,2,10H2,1H3. The topological polar surface area (TPSA) is 102 Å². The molecule has 0 amide bonds. The zero-order valence-electron chi connectivity index (χ0n) is 12.5. The van der Waals surface area contributed by atoms with Crippen LogP contribution >= 0.6 is 0 Å². The Morgan fingerprint density at radius 2 is 2.09 bits per heavy atom. The van der Waals surface area contributed by atoms with Crippen molar-refractivity contribution in [3.63, 3.8) is 0 Å². The van der Waals surface area contributed by atoms with Crippen molar-refractivity contribution in [2.24, 2.45) is 0 Å². The molecule has 0 heterocycles. The van der Waals surface area contributed by atoms with Crippen molar-refractivity contribution < 1.29 is 19.6 Å². The number of aliphatic hydroxyl groups is 1. The maximum atomic E-state index is 11.7. The van der Waals surface area contributed by atoms with Crippen molar-refractivity contribution in [2.75, 3.05) is 11.9 Å². The van der Waals surface area contributed by atoms with E-state index < -0.39 is 10.9 Å². The van der Waals surface area contributed by atoms with Gasteiger partial charge in [-0.1, -0.05) is 12.1 Å². The smallest absolute Gasteiger partial charge is 0.338 e. The summed E-state index contributed by atoms with van der Waals surface area (Å²) < 4.78 is 4.84. The fraction of sp³-hybridized carbons (Fsp3) is 0.188. The van der Waals surface area contributed by atoms with Crippen LogP contribution in [0.4, 0.5) is 17.1 Å². The van der Waals surface area contributed by atoms with Crippen LogP contribution in [0.1, 0.15) is 22.8 Å². The Kier molecular flexibility index (Phi) is 5.27. The van der Waals surface area contributed by atoms with E-state index in [-0.39, 0.29) is 30.2 Å². The molecule has 0 aliphatic rings. The molecule has 0 radical (unpaired) electrons. The molecular weight excluding hydrogens is 300 g/mol. The minimum atomic E-state index is -0.607. The molecule has 0 atom stereocenters. The number of nitro benzene ring substituents is 1. The maximum Gasteiger partial charge on any atom is 0.338 e. The van der Waals surface area contributed by atoms with Crippen molar-refractivity contribution in [1.82, 2.24) is 0 Å². The fourth-order valence-electron chi connectivity index (χ4n) is 2.03. The maximum absolute atomic E-state index is 11.7. The third kappa shape index (κ3) is 4.04. The number of ether oxygens (including phenoxy) is 1.